The fourth-order valence-corrected chi connectivity index (χ4v) is 2.21. The van der Waals surface area contributed by atoms with Crippen LogP contribution in [0.4, 0.5) is 0 Å². The summed E-state index contributed by atoms with van der Waals surface area (Å²) in [7, 11) is 0. The fraction of sp³-hybridized carbons (Fsp3) is 0.0833. The molecule has 2 rings (SSSR count). The lowest BCUT2D eigenvalue weighted by atomic mass is 10.1. The van der Waals surface area contributed by atoms with E-state index in [2.05, 4.69) is 16.0 Å². The lowest BCUT2D eigenvalue weighted by molar-refractivity contribution is 0.936. The number of benzene rings is 1. The van der Waals surface area contributed by atoms with Crippen LogP contribution in [0.1, 0.15) is 11.1 Å². The van der Waals surface area contributed by atoms with Crippen molar-refractivity contribution in [2.24, 2.45) is 5.73 Å². The van der Waals surface area contributed by atoms with Gasteiger partial charge in [-0.1, -0.05) is 17.8 Å². The van der Waals surface area contributed by atoms with E-state index in [0.29, 0.717) is 17.3 Å². The second-order valence-corrected chi connectivity index (χ2v) is 4.52. The third kappa shape index (κ3) is 2.77. The van der Waals surface area contributed by atoms with E-state index in [1.54, 1.807) is 12.1 Å². The predicted molar refractivity (Wildman–Crippen MR) is 68.0 cm³/mol. The van der Waals surface area contributed by atoms with E-state index in [0.717, 1.165) is 10.5 Å². The second kappa shape index (κ2) is 5.49. The largest absolute Gasteiger partial charge is 0.326 e. The van der Waals surface area contributed by atoms with Crippen molar-refractivity contribution in [1.29, 1.82) is 5.26 Å². The molecule has 0 aliphatic rings. The highest BCUT2D eigenvalue weighted by Gasteiger charge is 2.06. The average Bonchev–Trinajstić information content (AvgIpc) is 2.39. The van der Waals surface area contributed by atoms with Crippen LogP contribution >= 0.6 is 11.8 Å². The molecular weight excluding hydrogens is 248 g/mol. The summed E-state index contributed by atoms with van der Waals surface area (Å²) in [6, 6.07) is 8.84. The number of rotatable bonds is 3. The molecule has 1 aromatic heterocycles. The number of aromatic nitrogens is 2. The lowest BCUT2D eigenvalue weighted by Gasteiger charge is -2.04. The van der Waals surface area contributed by atoms with Gasteiger partial charge in [0.2, 0.25) is 0 Å². The number of H-pyrrole nitrogens is 1. The highest BCUT2D eigenvalue weighted by Crippen LogP contribution is 2.27. The van der Waals surface area contributed by atoms with E-state index < -0.39 is 0 Å². The summed E-state index contributed by atoms with van der Waals surface area (Å²) in [5, 5.41) is 9.53. The van der Waals surface area contributed by atoms with Crippen LogP contribution in [-0.2, 0) is 6.54 Å². The minimum Gasteiger partial charge on any atom is -0.326 e. The van der Waals surface area contributed by atoms with Gasteiger partial charge in [0, 0.05) is 23.7 Å². The van der Waals surface area contributed by atoms with E-state index in [1.807, 2.05) is 6.07 Å². The third-order valence-electron chi connectivity index (χ3n) is 2.25. The van der Waals surface area contributed by atoms with Crippen LogP contribution in [0, 0.1) is 11.3 Å². The van der Waals surface area contributed by atoms with Crippen molar-refractivity contribution in [3.05, 3.63) is 51.9 Å². The van der Waals surface area contributed by atoms with Gasteiger partial charge in [0.05, 0.1) is 5.56 Å². The Balaban J connectivity index is 2.35. The summed E-state index contributed by atoms with van der Waals surface area (Å²) in [5.41, 5.74) is 6.72. The van der Waals surface area contributed by atoms with Crippen molar-refractivity contribution in [3.8, 4) is 6.07 Å². The summed E-state index contributed by atoms with van der Waals surface area (Å²) in [5.74, 6) is 0. The maximum atomic E-state index is 11.1. The van der Waals surface area contributed by atoms with Crippen LogP contribution in [-0.4, -0.2) is 9.97 Å². The highest BCUT2D eigenvalue weighted by atomic mass is 32.2. The maximum absolute atomic E-state index is 11.1. The molecule has 0 radical (unpaired) electrons. The number of nitrogens with one attached hydrogen (secondary N) is 1. The summed E-state index contributed by atoms with van der Waals surface area (Å²) in [6.45, 7) is 0.389. The molecule has 0 bridgehead atoms. The number of nitrogens with two attached hydrogens (primary N) is 1. The van der Waals surface area contributed by atoms with Crippen LogP contribution in [0.15, 0.2) is 45.3 Å². The molecule has 0 fully saturated rings. The summed E-state index contributed by atoms with van der Waals surface area (Å²) >= 11 is 1.24. The van der Waals surface area contributed by atoms with Crippen molar-refractivity contribution in [2.45, 2.75) is 16.6 Å². The number of hydrogen-bond donors (Lipinski definition) is 2. The van der Waals surface area contributed by atoms with E-state index >= 15 is 0 Å². The Morgan fingerprint density at radius 2 is 2.28 bits per heavy atom. The average molecular weight is 258 g/mol. The van der Waals surface area contributed by atoms with Gasteiger partial charge in [-0.05, 0) is 17.7 Å². The van der Waals surface area contributed by atoms with Crippen LogP contribution < -0.4 is 11.3 Å². The molecular formula is C12H10N4OS. The molecule has 1 aromatic carbocycles. The SMILES string of the molecule is N#Cc1cc(CN)ccc1Sc1nccc(=O)[nH]1. The molecule has 0 aliphatic heterocycles. The molecule has 0 spiro atoms. The van der Waals surface area contributed by atoms with E-state index in [9.17, 15) is 4.79 Å². The highest BCUT2D eigenvalue weighted by molar-refractivity contribution is 7.99. The lowest BCUT2D eigenvalue weighted by Crippen LogP contribution is -2.05. The van der Waals surface area contributed by atoms with Crippen molar-refractivity contribution < 1.29 is 0 Å². The van der Waals surface area contributed by atoms with E-state index in [4.69, 9.17) is 11.0 Å². The molecule has 2 aromatic rings. The molecule has 0 aliphatic carbocycles. The Bertz CT molecular complexity index is 660. The summed E-state index contributed by atoms with van der Waals surface area (Å²) in [6.07, 6.45) is 1.43. The zero-order valence-corrected chi connectivity index (χ0v) is 10.2. The maximum Gasteiger partial charge on any atom is 0.251 e. The first-order valence-corrected chi connectivity index (χ1v) is 6.01. The van der Waals surface area contributed by atoms with Gasteiger partial charge >= 0.3 is 0 Å². The first-order chi connectivity index (χ1) is 8.72. The Morgan fingerprint density at radius 3 is 2.94 bits per heavy atom. The van der Waals surface area contributed by atoms with Gasteiger partial charge in [0.25, 0.3) is 5.56 Å². The number of nitriles is 1. The van der Waals surface area contributed by atoms with Gasteiger partial charge in [0.15, 0.2) is 5.16 Å². The van der Waals surface area contributed by atoms with Gasteiger partial charge in [0.1, 0.15) is 6.07 Å². The monoisotopic (exact) mass is 258 g/mol. The standard InChI is InChI=1S/C12H10N4OS/c13-6-8-1-2-10(9(5-8)7-14)18-12-15-4-3-11(17)16-12/h1-5H,6,13H2,(H,15,16,17). The fourth-order valence-electron chi connectivity index (χ4n) is 1.39. The predicted octanol–water partition coefficient (Wildman–Crippen LogP) is 1.25. The third-order valence-corrected chi connectivity index (χ3v) is 3.23. The zero-order chi connectivity index (χ0) is 13.0. The number of nitrogens with zero attached hydrogens (tertiary/aromatic N) is 2. The van der Waals surface area contributed by atoms with Crippen molar-refractivity contribution in [1.82, 2.24) is 9.97 Å². The molecule has 0 unspecified atom stereocenters. The van der Waals surface area contributed by atoms with Gasteiger partial charge in [-0.25, -0.2) is 4.98 Å². The first-order valence-electron chi connectivity index (χ1n) is 5.19. The molecule has 3 N–H and O–H groups in total. The normalized spacial score (nSPS) is 10.0. The Hall–Kier alpha value is -2.10. The Kier molecular flexibility index (Phi) is 3.77. The van der Waals surface area contributed by atoms with Crippen molar-refractivity contribution in [3.63, 3.8) is 0 Å². The molecule has 6 heteroatoms. The Morgan fingerprint density at radius 1 is 1.44 bits per heavy atom. The molecule has 0 amide bonds. The van der Waals surface area contributed by atoms with Crippen LogP contribution in [0.3, 0.4) is 0 Å². The minimum atomic E-state index is -0.218. The zero-order valence-electron chi connectivity index (χ0n) is 9.38. The van der Waals surface area contributed by atoms with E-state index in [-0.39, 0.29) is 5.56 Å². The smallest absolute Gasteiger partial charge is 0.251 e. The second-order valence-electron chi connectivity index (χ2n) is 3.49. The molecule has 0 atom stereocenters. The van der Waals surface area contributed by atoms with Crippen LogP contribution in [0.2, 0.25) is 0 Å². The topological polar surface area (TPSA) is 95.6 Å². The van der Waals surface area contributed by atoms with Gasteiger partial charge in [-0.3, -0.25) is 4.79 Å². The molecule has 18 heavy (non-hydrogen) atoms. The van der Waals surface area contributed by atoms with Gasteiger partial charge in [-0.2, -0.15) is 5.26 Å². The summed E-state index contributed by atoms with van der Waals surface area (Å²) in [4.78, 5) is 18.5. The summed E-state index contributed by atoms with van der Waals surface area (Å²) < 4.78 is 0. The number of hydrogen-bond acceptors (Lipinski definition) is 5. The van der Waals surface area contributed by atoms with Crippen molar-refractivity contribution in [2.75, 3.05) is 0 Å². The van der Waals surface area contributed by atoms with Crippen LogP contribution in [0.25, 0.3) is 0 Å². The number of aromatic amines is 1. The van der Waals surface area contributed by atoms with Gasteiger partial charge < -0.3 is 10.7 Å². The molecule has 0 saturated carbocycles. The first kappa shape index (κ1) is 12.4. The van der Waals surface area contributed by atoms with E-state index in [1.165, 1.54) is 24.0 Å². The molecule has 0 saturated heterocycles. The Labute approximate surface area is 108 Å². The molecule has 90 valence electrons. The van der Waals surface area contributed by atoms with Crippen molar-refractivity contribution >= 4 is 11.8 Å². The molecule has 5 nitrogen and oxygen atoms in total. The quantitative estimate of drug-likeness (QED) is 0.808. The minimum absolute atomic E-state index is 0.218. The van der Waals surface area contributed by atoms with Crippen LogP contribution in [0.5, 0.6) is 0 Å². The van der Waals surface area contributed by atoms with Gasteiger partial charge in [-0.15, -0.1) is 0 Å². The molecule has 1 heterocycles.